The predicted octanol–water partition coefficient (Wildman–Crippen LogP) is 18.2. The Hall–Kier alpha value is -8.98. The molecule has 0 saturated carbocycles. The summed E-state index contributed by atoms with van der Waals surface area (Å²) in [6.45, 7) is 0. The maximum absolute atomic E-state index is 6.72. The number of benzene rings is 12. The summed E-state index contributed by atoms with van der Waals surface area (Å²) in [7, 11) is 0. The molecular formula is C67H43NO. The number of hydrogen-bond acceptors (Lipinski definition) is 2. The number of anilines is 3. The van der Waals surface area contributed by atoms with Crippen LogP contribution in [-0.2, 0) is 5.41 Å². The molecule has 0 amide bonds. The zero-order chi connectivity index (χ0) is 45.5. The minimum absolute atomic E-state index is 0.584. The Morgan fingerprint density at radius 3 is 1.67 bits per heavy atom. The van der Waals surface area contributed by atoms with Gasteiger partial charge in [0.1, 0.15) is 11.2 Å². The maximum Gasteiger partial charge on any atom is 0.143 e. The summed E-state index contributed by atoms with van der Waals surface area (Å²) < 4.78 is 6.72. The SMILES string of the molecule is c1ccc(C2(c3ccccc3)c3ccccc3-c3c(N(c4cccc(-c5cccc6c5oc5ccccc56)c4)c4c(-c5cccc6ccccc56)c5ccccc5c5ccccc45)cccc32)cc1. The van der Waals surface area contributed by atoms with Gasteiger partial charge in [-0.25, -0.2) is 0 Å². The molecule has 2 heteroatoms. The third kappa shape index (κ3) is 5.79. The molecule has 0 radical (unpaired) electrons. The fourth-order valence-corrected chi connectivity index (χ4v) is 11.9. The Balaban J connectivity index is 1.15. The molecule has 0 unspecified atom stereocenters. The van der Waals surface area contributed by atoms with Gasteiger partial charge in [0.2, 0.25) is 0 Å². The highest BCUT2D eigenvalue weighted by molar-refractivity contribution is 6.25. The highest BCUT2D eigenvalue weighted by Gasteiger charge is 2.47. The van der Waals surface area contributed by atoms with E-state index in [1.165, 1.54) is 76.8 Å². The number of hydrogen-bond donors (Lipinski definition) is 0. The van der Waals surface area contributed by atoms with Crippen molar-refractivity contribution >= 4 is 71.3 Å². The van der Waals surface area contributed by atoms with Crippen molar-refractivity contribution in [2.75, 3.05) is 4.90 Å². The molecule has 12 aromatic carbocycles. The van der Waals surface area contributed by atoms with Gasteiger partial charge in [-0.1, -0.05) is 237 Å². The van der Waals surface area contributed by atoms with Gasteiger partial charge < -0.3 is 9.32 Å². The second kappa shape index (κ2) is 15.6. The number of furan rings is 1. The van der Waals surface area contributed by atoms with Crippen molar-refractivity contribution in [3.05, 3.63) is 283 Å². The third-order valence-corrected chi connectivity index (χ3v) is 14.7. The van der Waals surface area contributed by atoms with E-state index in [0.717, 1.165) is 50.1 Å². The van der Waals surface area contributed by atoms with Crippen LogP contribution >= 0.6 is 0 Å². The lowest BCUT2D eigenvalue weighted by molar-refractivity contribution is 0.670. The molecule has 0 saturated heterocycles. The topological polar surface area (TPSA) is 16.4 Å². The molecule has 0 bridgehead atoms. The number of para-hydroxylation sites is 2. The summed E-state index contributed by atoms with van der Waals surface area (Å²) in [6, 6.07) is 95.9. The average Bonchev–Trinajstić information content (AvgIpc) is 3.96. The summed E-state index contributed by atoms with van der Waals surface area (Å²) in [5.41, 5.74) is 16.4. The molecule has 2 nitrogen and oxygen atoms in total. The molecule has 13 aromatic rings. The Morgan fingerprint density at radius 1 is 0.333 bits per heavy atom. The highest BCUT2D eigenvalue weighted by Crippen LogP contribution is 2.61. The summed E-state index contributed by atoms with van der Waals surface area (Å²) >= 11 is 0. The second-order valence-electron chi connectivity index (χ2n) is 18.2. The molecule has 1 heterocycles. The number of nitrogens with zero attached hydrogens (tertiary/aromatic N) is 1. The second-order valence-corrected chi connectivity index (χ2v) is 18.2. The molecule has 0 aliphatic heterocycles. The molecule has 0 spiro atoms. The van der Waals surface area contributed by atoms with Crippen LogP contribution in [0.25, 0.3) is 87.6 Å². The molecule has 1 aromatic heterocycles. The van der Waals surface area contributed by atoms with Crippen molar-refractivity contribution in [3.63, 3.8) is 0 Å². The fourth-order valence-electron chi connectivity index (χ4n) is 11.9. The van der Waals surface area contributed by atoms with Crippen LogP contribution in [0.5, 0.6) is 0 Å². The number of fused-ring (bicyclic) bond motifs is 10. The monoisotopic (exact) mass is 877 g/mol. The lowest BCUT2D eigenvalue weighted by Gasteiger charge is -2.35. The van der Waals surface area contributed by atoms with E-state index in [4.69, 9.17) is 4.42 Å². The predicted molar refractivity (Wildman–Crippen MR) is 289 cm³/mol. The first kappa shape index (κ1) is 39.2. The van der Waals surface area contributed by atoms with E-state index in [1.54, 1.807) is 0 Å². The van der Waals surface area contributed by atoms with E-state index in [0.29, 0.717) is 0 Å². The van der Waals surface area contributed by atoms with E-state index in [1.807, 2.05) is 6.07 Å². The minimum Gasteiger partial charge on any atom is -0.455 e. The first-order valence-electron chi connectivity index (χ1n) is 23.8. The van der Waals surface area contributed by atoms with Gasteiger partial charge in [-0.15, -0.1) is 0 Å². The Morgan fingerprint density at radius 2 is 0.870 bits per heavy atom. The van der Waals surface area contributed by atoms with Gasteiger partial charge >= 0.3 is 0 Å². The molecule has 0 fully saturated rings. The quantitative estimate of drug-likeness (QED) is 0.148. The van der Waals surface area contributed by atoms with Crippen LogP contribution < -0.4 is 4.90 Å². The summed E-state index contributed by atoms with van der Waals surface area (Å²) in [4.78, 5) is 2.59. The van der Waals surface area contributed by atoms with Crippen molar-refractivity contribution < 1.29 is 4.42 Å². The van der Waals surface area contributed by atoms with Gasteiger partial charge in [0.25, 0.3) is 0 Å². The standard InChI is InChI=1S/C67H43NO/c1-3-24-46(25-4-1)67(47-26-5-2-6-27-47)59-39-15-13-35-58(59)64-60(67)40-20-41-61(64)68(48-28-17-23-45(43-48)50-36-19-38-57-53-32-14-16-42-62(53)69-66(50)57)65-56-34-12-10-31-52(56)51-30-9-11-33-55(51)63(65)54-37-18-22-44-21-7-8-29-49(44)54/h1-43H. The van der Waals surface area contributed by atoms with Crippen LogP contribution in [0.2, 0.25) is 0 Å². The van der Waals surface area contributed by atoms with Crippen LogP contribution in [0.4, 0.5) is 17.1 Å². The van der Waals surface area contributed by atoms with Gasteiger partial charge in [-0.05, 0) is 90.1 Å². The average molecular weight is 878 g/mol. The van der Waals surface area contributed by atoms with Crippen molar-refractivity contribution in [2.45, 2.75) is 5.41 Å². The molecule has 1 aliphatic carbocycles. The Bertz CT molecular complexity index is 4100. The van der Waals surface area contributed by atoms with Crippen LogP contribution in [0.1, 0.15) is 22.3 Å². The highest BCUT2D eigenvalue weighted by atomic mass is 16.3. The van der Waals surface area contributed by atoms with Crippen LogP contribution in [0, 0.1) is 0 Å². The minimum atomic E-state index is -0.584. The fraction of sp³-hybridized carbons (Fsp3) is 0.0149. The van der Waals surface area contributed by atoms with Crippen molar-refractivity contribution in [1.82, 2.24) is 0 Å². The molecule has 69 heavy (non-hydrogen) atoms. The summed E-state index contributed by atoms with van der Waals surface area (Å²) in [5.74, 6) is 0. The Labute approximate surface area is 400 Å². The van der Waals surface area contributed by atoms with E-state index < -0.39 is 5.41 Å². The summed E-state index contributed by atoms with van der Waals surface area (Å²) in [5, 5.41) is 9.44. The molecule has 14 rings (SSSR count). The van der Waals surface area contributed by atoms with Gasteiger partial charge in [-0.3, -0.25) is 0 Å². The van der Waals surface area contributed by atoms with Gasteiger partial charge in [-0.2, -0.15) is 0 Å². The normalized spacial score (nSPS) is 12.8. The third-order valence-electron chi connectivity index (χ3n) is 14.7. The zero-order valence-electron chi connectivity index (χ0n) is 37.7. The van der Waals surface area contributed by atoms with Gasteiger partial charge in [0.15, 0.2) is 0 Å². The van der Waals surface area contributed by atoms with E-state index in [9.17, 15) is 0 Å². The zero-order valence-corrected chi connectivity index (χ0v) is 37.7. The Kier molecular flexibility index (Phi) is 8.84. The lowest BCUT2D eigenvalue weighted by Crippen LogP contribution is -2.28. The molecule has 0 N–H and O–H groups in total. The van der Waals surface area contributed by atoms with Crippen molar-refractivity contribution in [2.24, 2.45) is 0 Å². The first-order chi connectivity index (χ1) is 34.3. The largest absolute Gasteiger partial charge is 0.455 e. The molecular weight excluding hydrogens is 835 g/mol. The van der Waals surface area contributed by atoms with Crippen molar-refractivity contribution in [1.29, 1.82) is 0 Å². The van der Waals surface area contributed by atoms with Crippen LogP contribution in [0.3, 0.4) is 0 Å². The van der Waals surface area contributed by atoms with Gasteiger partial charge in [0, 0.05) is 38.5 Å². The molecule has 322 valence electrons. The van der Waals surface area contributed by atoms with Gasteiger partial charge in [0.05, 0.1) is 16.8 Å². The summed E-state index contributed by atoms with van der Waals surface area (Å²) in [6.07, 6.45) is 0. The van der Waals surface area contributed by atoms with E-state index in [-0.39, 0.29) is 0 Å². The number of rotatable bonds is 7. The molecule has 1 aliphatic rings. The maximum atomic E-state index is 6.72. The van der Waals surface area contributed by atoms with Crippen molar-refractivity contribution in [3.8, 4) is 33.4 Å². The lowest BCUT2D eigenvalue weighted by atomic mass is 9.68. The van der Waals surface area contributed by atoms with Crippen LogP contribution in [-0.4, -0.2) is 0 Å². The van der Waals surface area contributed by atoms with E-state index in [2.05, 4.69) is 260 Å². The van der Waals surface area contributed by atoms with Crippen LogP contribution in [0.15, 0.2) is 265 Å². The smallest absolute Gasteiger partial charge is 0.143 e. The first-order valence-corrected chi connectivity index (χ1v) is 23.8. The molecule has 0 atom stereocenters. The van der Waals surface area contributed by atoms with E-state index >= 15 is 0 Å².